The van der Waals surface area contributed by atoms with Gasteiger partial charge in [-0.05, 0) is 12.3 Å². The van der Waals surface area contributed by atoms with Gasteiger partial charge in [0.05, 0.1) is 6.61 Å². The molecule has 0 aromatic rings. The molecule has 0 saturated carbocycles. The highest BCUT2D eigenvalue weighted by atomic mass is 16.5. The summed E-state index contributed by atoms with van der Waals surface area (Å²) in [5, 5.41) is 11.2. The maximum atomic E-state index is 11.3. The average molecular weight is 231 g/mol. The van der Waals surface area contributed by atoms with Crippen LogP contribution in [-0.4, -0.2) is 36.7 Å². The fourth-order valence-electron chi connectivity index (χ4n) is 1.16. The van der Waals surface area contributed by atoms with Crippen molar-refractivity contribution >= 4 is 11.9 Å². The van der Waals surface area contributed by atoms with Crippen LogP contribution >= 0.6 is 0 Å². The first-order valence-electron chi connectivity index (χ1n) is 5.62. The largest absolute Gasteiger partial charge is 0.481 e. The molecule has 1 amide bonds. The Morgan fingerprint density at radius 2 is 2.06 bits per heavy atom. The smallest absolute Gasteiger partial charge is 0.303 e. The van der Waals surface area contributed by atoms with Gasteiger partial charge >= 0.3 is 5.97 Å². The molecule has 94 valence electrons. The Kier molecular flexibility index (Phi) is 8.52. The summed E-state index contributed by atoms with van der Waals surface area (Å²) in [4.78, 5) is 21.6. The van der Waals surface area contributed by atoms with Gasteiger partial charge in [0.15, 0.2) is 0 Å². The van der Waals surface area contributed by atoms with Gasteiger partial charge in [-0.2, -0.15) is 0 Å². The zero-order valence-corrected chi connectivity index (χ0v) is 9.99. The fourth-order valence-corrected chi connectivity index (χ4v) is 1.16. The second-order valence-electron chi connectivity index (χ2n) is 3.87. The van der Waals surface area contributed by atoms with Gasteiger partial charge in [0.1, 0.15) is 0 Å². The molecule has 2 N–H and O–H groups in total. The van der Waals surface area contributed by atoms with Crippen molar-refractivity contribution in [3.05, 3.63) is 0 Å². The first-order chi connectivity index (χ1) is 7.56. The number of carboxylic acid groups (broad SMARTS) is 1. The molecular formula is C11H21NO4. The molecule has 0 spiro atoms. The lowest BCUT2D eigenvalue weighted by Crippen LogP contribution is -2.29. The van der Waals surface area contributed by atoms with Gasteiger partial charge in [-0.1, -0.05) is 13.8 Å². The Morgan fingerprint density at radius 1 is 1.38 bits per heavy atom. The summed E-state index contributed by atoms with van der Waals surface area (Å²) >= 11 is 0. The van der Waals surface area contributed by atoms with Crippen LogP contribution in [0.3, 0.4) is 0 Å². The summed E-state index contributed by atoms with van der Waals surface area (Å²) in [6.07, 6.45) is 1.35. The van der Waals surface area contributed by atoms with Crippen LogP contribution in [0.1, 0.15) is 33.1 Å². The van der Waals surface area contributed by atoms with Crippen molar-refractivity contribution in [2.24, 2.45) is 5.92 Å². The van der Waals surface area contributed by atoms with Crippen molar-refractivity contribution in [1.29, 1.82) is 0 Å². The number of nitrogens with one attached hydrogen (secondary N) is 1. The molecule has 1 unspecified atom stereocenters. The van der Waals surface area contributed by atoms with Gasteiger partial charge in [0.25, 0.3) is 0 Å². The van der Waals surface area contributed by atoms with E-state index in [9.17, 15) is 9.59 Å². The third-order valence-corrected chi connectivity index (χ3v) is 1.99. The highest BCUT2D eigenvalue weighted by Crippen LogP contribution is 1.99. The average Bonchev–Trinajstić information content (AvgIpc) is 2.20. The molecule has 1 atom stereocenters. The van der Waals surface area contributed by atoms with Crippen molar-refractivity contribution in [3.63, 3.8) is 0 Å². The molecular weight excluding hydrogens is 210 g/mol. The number of hydrogen-bond acceptors (Lipinski definition) is 3. The van der Waals surface area contributed by atoms with E-state index < -0.39 is 5.97 Å². The Hall–Kier alpha value is -1.10. The third kappa shape index (κ3) is 9.45. The summed E-state index contributed by atoms with van der Waals surface area (Å²) in [5.41, 5.74) is 0. The van der Waals surface area contributed by atoms with Gasteiger partial charge in [-0.25, -0.2) is 0 Å². The molecule has 0 rings (SSSR count). The molecule has 5 heteroatoms. The molecule has 5 nitrogen and oxygen atoms in total. The quantitative estimate of drug-likeness (QED) is 0.581. The number of amides is 1. The van der Waals surface area contributed by atoms with E-state index in [0.717, 1.165) is 6.42 Å². The topological polar surface area (TPSA) is 75.6 Å². The van der Waals surface area contributed by atoms with E-state index in [0.29, 0.717) is 26.2 Å². The van der Waals surface area contributed by atoms with Crippen molar-refractivity contribution in [2.45, 2.75) is 33.1 Å². The summed E-state index contributed by atoms with van der Waals surface area (Å²) in [6.45, 7) is 5.30. The molecule has 0 aliphatic heterocycles. The summed E-state index contributed by atoms with van der Waals surface area (Å²) < 4.78 is 5.17. The van der Waals surface area contributed by atoms with E-state index in [1.807, 2.05) is 6.92 Å². The first kappa shape index (κ1) is 14.9. The Balaban J connectivity index is 3.45. The van der Waals surface area contributed by atoms with Crippen LogP contribution in [0.2, 0.25) is 0 Å². The monoisotopic (exact) mass is 231 g/mol. The predicted molar refractivity (Wildman–Crippen MR) is 60.2 cm³/mol. The van der Waals surface area contributed by atoms with Crippen LogP contribution in [0, 0.1) is 5.92 Å². The molecule has 0 fully saturated rings. The molecule has 0 bridgehead atoms. The van der Waals surface area contributed by atoms with E-state index in [-0.39, 0.29) is 18.2 Å². The molecule has 0 radical (unpaired) electrons. The minimum absolute atomic E-state index is 0.0435. The molecule has 0 aromatic heterocycles. The van der Waals surface area contributed by atoms with Crippen LogP contribution in [0.25, 0.3) is 0 Å². The zero-order chi connectivity index (χ0) is 12.4. The lowest BCUT2D eigenvalue weighted by atomic mass is 10.1. The number of carbonyl (C=O) groups is 2. The van der Waals surface area contributed by atoms with Crippen molar-refractivity contribution in [3.8, 4) is 0 Å². The predicted octanol–water partition coefficient (Wildman–Crippen LogP) is 1.03. The van der Waals surface area contributed by atoms with Crippen LogP contribution in [0.5, 0.6) is 0 Å². The van der Waals surface area contributed by atoms with Crippen molar-refractivity contribution in [2.75, 3.05) is 19.8 Å². The molecule has 16 heavy (non-hydrogen) atoms. The van der Waals surface area contributed by atoms with Crippen LogP contribution < -0.4 is 5.32 Å². The van der Waals surface area contributed by atoms with Crippen molar-refractivity contribution < 1.29 is 19.4 Å². The number of rotatable bonds is 9. The number of carbonyl (C=O) groups excluding carboxylic acids is 1. The van der Waals surface area contributed by atoms with Gasteiger partial charge in [0.2, 0.25) is 5.91 Å². The Labute approximate surface area is 96.2 Å². The van der Waals surface area contributed by atoms with E-state index in [2.05, 4.69) is 5.32 Å². The van der Waals surface area contributed by atoms with Gasteiger partial charge < -0.3 is 15.2 Å². The third-order valence-electron chi connectivity index (χ3n) is 1.99. The summed E-state index contributed by atoms with van der Waals surface area (Å²) in [6, 6.07) is 0. The molecule has 0 saturated heterocycles. The molecule has 0 aliphatic rings. The van der Waals surface area contributed by atoms with Gasteiger partial charge in [0, 0.05) is 26.0 Å². The van der Waals surface area contributed by atoms with E-state index in [1.165, 1.54) is 0 Å². The number of aliphatic carboxylic acids is 1. The first-order valence-corrected chi connectivity index (χ1v) is 5.62. The molecule has 0 heterocycles. The lowest BCUT2D eigenvalue weighted by Gasteiger charge is -2.10. The highest BCUT2D eigenvalue weighted by Gasteiger charge is 2.09. The Morgan fingerprint density at radius 3 is 2.62 bits per heavy atom. The van der Waals surface area contributed by atoms with Gasteiger partial charge in [-0.3, -0.25) is 9.59 Å². The minimum atomic E-state index is -0.840. The lowest BCUT2D eigenvalue weighted by molar-refractivity contribution is -0.138. The zero-order valence-electron chi connectivity index (χ0n) is 9.99. The normalized spacial score (nSPS) is 12.1. The minimum Gasteiger partial charge on any atom is -0.481 e. The summed E-state index contributed by atoms with van der Waals surface area (Å²) in [7, 11) is 0. The van der Waals surface area contributed by atoms with Crippen LogP contribution in [0.15, 0.2) is 0 Å². The highest BCUT2D eigenvalue weighted by molar-refractivity contribution is 5.76. The standard InChI is InChI=1S/C11H21NO4/c1-3-5-16-6-4-10(13)12-8-9(2)7-11(14)15/h9H,3-8H2,1-2H3,(H,12,13)(H,14,15). The van der Waals surface area contributed by atoms with E-state index in [1.54, 1.807) is 6.92 Å². The molecule has 0 aromatic carbocycles. The second-order valence-corrected chi connectivity index (χ2v) is 3.87. The summed E-state index contributed by atoms with van der Waals surface area (Å²) in [5.74, 6) is -0.973. The Bertz CT molecular complexity index is 218. The van der Waals surface area contributed by atoms with Crippen LogP contribution in [-0.2, 0) is 14.3 Å². The van der Waals surface area contributed by atoms with Crippen LogP contribution in [0.4, 0.5) is 0 Å². The maximum absolute atomic E-state index is 11.3. The fraction of sp³-hybridized carbons (Fsp3) is 0.818. The van der Waals surface area contributed by atoms with Crippen molar-refractivity contribution in [1.82, 2.24) is 5.32 Å². The SMILES string of the molecule is CCCOCCC(=O)NCC(C)CC(=O)O. The van der Waals surface area contributed by atoms with E-state index in [4.69, 9.17) is 9.84 Å². The number of carboxylic acids is 1. The van der Waals surface area contributed by atoms with Gasteiger partial charge in [-0.15, -0.1) is 0 Å². The number of ether oxygens (including phenoxy) is 1. The maximum Gasteiger partial charge on any atom is 0.303 e. The van der Waals surface area contributed by atoms with E-state index >= 15 is 0 Å². The second kappa shape index (κ2) is 9.15. The molecule has 0 aliphatic carbocycles. The number of hydrogen-bond donors (Lipinski definition) is 2.